The van der Waals surface area contributed by atoms with Gasteiger partial charge in [0.1, 0.15) is 5.82 Å². The van der Waals surface area contributed by atoms with Crippen LogP contribution in [0.4, 0.5) is 17.6 Å². The largest absolute Gasteiger partial charge is 0.451 e. The Balaban J connectivity index is 1.90. The molecule has 9 heteroatoms. The van der Waals surface area contributed by atoms with Crippen LogP contribution >= 0.6 is 0 Å². The van der Waals surface area contributed by atoms with Crippen LogP contribution in [0.5, 0.6) is 0 Å². The third-order valence-electron chi connectivity index (χ3n) is 4.86. The summed E-state index contributed by atoms with van der Waals surface area (Å²) in [7, 11) is 0. The van der Waals surface area contributed by atoms with Crippen LogP contribution in [-0.2, 0) is 6.18 Å². The number of aliphatic hydroxyl groups is 2. The monoisotopic (exact) mass is 399 g/mol. The molecule has 2 N–H and O–H groups in total. The number of aromatic nitrogens is 2. The van der Waals surface area contributed by atoms with E-state index < -0.39 is 23.9 Å². The number of β-amino-alcohol motifs (C(OH)–C–C–N with tert-alkyl or cyclic N) is 1. The van der Waals surface area contributed by atoms with Gasteiger partial charge in [-0.2, -0.15) is 13.2 Å². The number of benzene rings is 1. The minimum Gasteiger partial charge on any atom is -0.394 e. The maximum absolute atomic E-state index is 13.6. The summed E-state index contributed by atoms with van der Waals surface area (Å²) in [6, 6.07) is 5.62. The molecule has 0 spiro atoms. The van der Waals surface area contributed by atoms with Crippen LogP contribution in [0, 0.1) is 5.82 Å². The lowest BCUT2D eigenvalue weighted by molar-refractivity contribution is -0.145. The Hall–Kier alpha value is -2.10. The maximum Gasteiger partial charge on any atom is 0.451 e. The smallest absolute Gasteiger partial charge is 0.394 e. The molecular formula is C19H21F4N3O2. The Labute approximate surface area is 159 Å². The van der Waals surface area contributed by atoms with Crippen LogP contribution in [0.15, 0.2) is 30.5 Å². The molecule has 5 nitrogen and oxygen atoms in total. The summed E-state index contributed by atoms with van der Waals surface area (Å²) in [5.74, 6) is -1.94. The lowest BCUT2D eigenvalue weighted by atomic mass is 9.88. The number of piperidine rings is 1. The Morgan fingerprint density at radius 3 is 2.54 bits per heavy atom. The number of halogens is 4. The van der Waals surface area contributed by atoms with E-state index in [0.29, 0.717) is 43.6 Å². The van der Waals surface area contributed by atoms with E-state index >= 15 is 0 Å². The molecule has 1 unspecified atom stereocenters. The van der Waals surface area contributed by atoms with Crippen molar-refractivity contribution in [2.24, 2.45) is 0 Å². The van der Waals surface area contributed by atoms with Crippen LogP contribution in [0.1, 0.15) is 30.3 Å². The van der Waals surface area contributed by atoms with Crippen LogP contribution in [-0.4, -0.2) is 57.4 Å². The second-order valence-electron chi connectivity index (χ2n) is 6.91. The number of hydrogen-bond acceptors (Lipinski definition) is 5. The molecule has 0 aliphatic carbocycles. The van der Waals surface area contributed by atoms with Crippen LogP contribution < -0.4 is 0 Å². The van der Waals surface area contributed by atoms with E-state index in [9.17, 15) is 22.7 Å². The number of hydrogen-bond donors (Lipinski definition) is 2. The quantitative estimate of drug-likeness (QED) is 0.757. The first-order valence-corrected chi connectivity index (χ1v) is 8.99. The second-order valence-corrected chi connectivity index (χ2v) is 6.91. The van der Waals surface area contributed by atoms with Crippen LogP contribution in [0.3, 0.4) is 0 Å². The Bertz CT molecular complexity index is 808. The van der Waals surface area contributed by atoms with Gasteiger partial charge in [0.05, 0.1) is 18.4 Å². The van der Waals surface area contributed by atoms with Crippen molar-refractivity contribution in [3.63, 3.8) is 0 Å². The average Bonchev–Trinajstić information content (AvgIpc) is 2.67. The molecule has 1 aromatic carbocycles. The molecule has 2 heterocycles. The van der Waals surface area contributed by atoms with Crippen molar-refractivity contribution in [3.8, 4) is 11.1 Å². The molecular weight excluding hydrogens is 378 g/mol. The highest BCUT2D eigenvalue weighted by Gasteiger charge is 2.36. The summed E-state index contributed by atoms with van der Waals surface area (Å²) in [4.78, 5) is 9.21. The van der Waals surface area contributed by atoms with Gasteiger partial charge in [0.15, 0.2) is 0 Å². The number of likely N-dealkylation sites (tertiary alicyclic amines) is 1. The number of aliphatic hydroxyl groups excluding tert-OH is 2. The predicted molar refractivity (Wildman–Crippen MR) is 93.9 cm³/mol. The standard InChI is InChI=1S/C19H21F4N3O2/c20-14-3-1-2-13(8-14)16-9-24-18(19(21,22)23)25-17(16)12-4-6-26(7-5-12)10-15(28)11-27/h1-3,8-9,12,15,27-28H,4-7,10-11H2. The van der Waals surface area contributed by atoms with Gasteiger partial charge in [0.25, 0.3) is 0 Å². The third kappa shape index (κ3) is 4.84. The maximum atomic E-state index is 13.6. The van der Waals surface area contributed by atoms with Gasteiger partial charge in [0, 0.05) is 24.2 Å². The van der Waals surface area contributed by atoms with Gasteiger partial charge in [-0.3, -0.25) is 0 Å². The predicted octanol–water partition coefficient (Wildman–Crippen LogP) is 2.83. The molecule has 1 fully saturated rings. The second kappa shape index (κ2) is 8.50. The zero-order chi connectivity index (χ0) is 20.3. The Kier molecular flexibility index (Phi) is 6.26. The molecule has 3 rings (SSSR count). The van der Waals surface area contributed by atoms with E-state index in [0.717, 1.165) is 6.20 Å². The summed E-state index contributed by atoms with van der Waals surface area (Å²) >= 11 is 0. The molecule has 0 saturated carbocycles. The first-order chi connectivity index (χ1) is 13.3. The fraction of sp³-hybridized carbons (Fsp3) is 0.474. The Morgan fingerprint density at radius 2 is 1.93 bits per heavy atom. The van der Waals surface area contributed by atoms with Crippen molar-refractivity contribution < 1.29 is 27.8 Å². The molecule has 1 aliphatic heterocycles. The van der Waals surface area contributed by atoms with E-state index in [4.69, 9.17) is 5.11 Å². The van der Waals surface area contributed by atoms with E-state index in [2.05, 4.69) is 9.97 Å². The van der Waals surface area contributed by atoms with Crippen molar-refractivity contribution >= 4 is 0 Å². The van der Waals surface area contributed by atoms with Gasteiger partial charge in [-0.25, -0.2) is 14.4 Å². The number of rotatable bonds is 5. The van der Waals surface area contributed by atoms with Crippen LogP contribution in [0.2, 0.25) is 0 Å². The fourth-order valence-corrected chi connectivity index (χ4v) is 3.47. The summed E-state index contributed by atoms with van der Waals surface area (Å²) in [6.07, 6.45) is -3.33. The third-order valence-corrected chi connectivity index (χ3v) is 4.86. The highest BCUT2D eigenvalue weighted by atomic mass is 19.4. The zero-order valence-corrected chi connectivity index (χ0v) is 15.0. The first-order valence-electron chi connectivity index (χ1n) is 8.99. The minimum atomic E-state index is -4.67. The van der Waals surface area contributed by atoms with E-state index in [1.807, 2.05) is 4.90 Å². The van der Waals surface area contributed by atoms with E-state index in [1.165, 1.54) is 18.2 Å². The van der Waals surface area contributed by atoms with Crippen molar-refractivity contribution in [2.75, 3.05) is 26.2 Å². The van der Waals surface area contributed by atoms with Gasteiger partial charge < -0.3 is 15.1 Å². The lowest BCUT2D eigenvalue weighted by Gasteiger charge is -2.33. The van der Waals surface area contributed by atoms with E-state index in [1.54, 1.807) is 6.07 Å². The van der Waals surface area contributed by atoms with Gasteiger partial charge in [-0.1, -0.05) is 12.1 Å². The molecule has 28 heavy (non-hydrogen) atoms. The van der Waals surface area contributed by atoms with Crippen molar-refractivity contribution in [3.05, 3.63) is 47.8 Å². The normalized spacial score (nSPS) is 17.6. The minimum absolute atomic E-state index is 0.245. The van der Waals surface area contributed by atoms with Crippen molar-refractivity contribution in [1.29, 1.82) is 0 Å². The van der Waals surface area contributed by atoms with Gasteiger partial charge in [-0.15, -0.1) is 0 Å². The highest BCUT2D eigenvalue weighted by molar-refractivity contribution is 5.65. The molecule has 1 saturated heterocycles. The van der Waals surface area contributed by atoms with Gasteiger partial charge in [0.2, 0.25) is 5.82 Å². The summed E-state index contributed by atoms with van der Waals surface area (Å²) in [6.45, 7) is 1.06. The summed E-state index contributed by atoms with van der Waals surface area (Å²) in [5.41, 5.74) is 1.08. The molecule has 0 radical (unpaired) electrons. The molecule has 152 valence electrons. The zero-order valence-electron chi connectivity index (χ0n) is 15.0. The van der Waals surface area contributed by atoms with E-state index in [-0.39, 0.29) is 18.2 Å². The molecule has 1 aromatic heterocycles. The average molecular weight is 399 g/mol. The van der Waals surface area contributed by atoms with Gasteiger partial charge in [-0.05, 0) is 43.6 Å². The molecule has 1 aliphatic rings. The molecule has 0 amide bonds. The lowest BCUT2D eigenvalue weighted by Crippen LogP contribution is -2.39. The Morgan fingerprint density at radius 1 is 1.21 bits per heavy atom. The number of alkyl halides is 3. The van der Waals surface area contributed by atoms with Crippen molar-refractivity contribution in [1.82, 2.24) is 14.9 Å². The van der Waals surface area contributed by atoms with Gasteiger partial charge >= 0.3 is 6.18 Å². The molecule has 2 aromatic rings. The molecule has 1 atom stereocenters. The summed E-state index contributed by atoms with van der Waals surface area (Å²) < 4.78 is 53.0. The molecule has 0 bridgehead atoms. The van der Waals surface area contributed by atoms with Crippen molar-refractivity contribution in [2.45, 2.75) is 31.0 Å². The summed E-state index contributed by atoms with van der Waals surface area (Å²) in [5, 5.41) is 18.5. The first kappa shape index (κ1) is 20.6. The SMILES string of the molecule is OCC(O)CN1CCC(c2nc(C(F)(F)F)ncc2-c2cccc(F)c2)CC1. The topological polar surface area (TPSA) is 69.5 Å². The number of nitrogens with zero attached hydrogens (tertiary/aromatic N) is 3. The fourth-order valence-electron chi connectivity index (χ4n) is 3.47. The van der Waals surface area contributed by atoms with Crippen LogP contribution in [0.25, 0.3) is 11.1 Å². The highest BCUT2D eigenvalue weighted by Crippen LogP contribution is 2.36.